The molecule has 0 fully saturated rings. The van der Waals surface area contributed by atoms with Crippen LogP contribution in [-0.4, -0.2) is 4.98 Å². The van der Waals surface area contributed by atoms with Crippen LogP contribution in [0.2, 0.25) is 0 Å². The molecule has 0 aliphatic heterocycles. The third-order valence-corrected chi connectivity index (χ3v) is 2.49. The van der Waals surface area contributed by atoms with Crippen LogP contribution in [-0.2, 0) is 0 Å². The van der Waals surface area contributed by atoms with E-state index < -0.39 is 0 Å². The van der Waals surface area contributed by atoms with E-state index in [1.807, 2.05) is 13.0 Å². The quantitative estimate of drug-likeness (QED) is 0.795. The summed E-state index contributed by atoms with van der Waals surface area (Å²) in [5, 5.41) is 0. The summed E-state index contributed by atoms with van der Waals surface area (Å²) in [7, 11) is 0. The Labute approximate surface area is 93.9 Å². The van der Waals surface area contributed by atoms with Crippen LogP contribution in [0.15, 0.2) is 30.5 Å². The van der Waals surface area contributed by atoms with Gasteiger partial charge in [0.25, 0.3) is 0 Å². The zero-order valence-corrected chi connectivity index (χ0v) is 9.29. The number of anilines is 1. The van der Waals surface area contributed by atoms with E-state index in [0.29, 0.717) is 16.9 Å². The van der Waals surface area contributed by atoms with E-state index >= 15 is 0 Å². The molecule has 3 heteroatoms. The molecule has 0 atom stereocenters. The zero-order chi connectivity index (χ0) is 11.7. The summed E-state index contributed by atoms with van der Waals surface area (Å²) in [4.78, 5) is 4.27. The molecule has 82 valence electrons. The molecule has 0 saturated heterocycles. The van der Waals surface area contributed by atoms with Crippen molar-refractivity contribution in [2.24, 2.45) is 0 Å². The van der Waals surface area contributed by atoms with Crippen molar-refractivity contribution in [1.29, 1.82) is 0 Å². The lowest BCUT2D eigenvalue weighted by Crippen LogP contribution is -1.95. The van der Waals surface area contributed by atoms with E-state index in [9.17, 15) is 4.39 Å². The Kier molecular flexibility index (Phi) is 2.60. The smallest absolute Gasteiger partial charge is 0.126 e. The maximum absolute atomic E-state index is 13.1. The summed E-state index contributed by atoms with van der Waals surface area (Å²) in [6, 6.07) is 6.74. The van der Waals surface area contributed by atoms with E-state index in [-0.39, 0.29) is 5.82 Å². The van der Waals surface area contributed by atoms with Crippen molar-refractivity contribution in [3.05, 3.63) is 47.4 Å². The van der Waals surface area contributed by atoms with Gasteiger partial charge in [-0.2, -0.15) is 0 Å². The van der Waals surface area contributed by atoms with Gasteiger partial charge in [-0.25, -0.2) is 4.39 Å². The molecular formula is C13H13FN2. The molecule has 16 heavy (non-hydrogen) atoms. The van der Waals surface area contributed by atoms with Crippen LogP contribution in [0.3, 0.4) is 0 Å². The van der Waals surface area contributed by atoms with E-state index in [0.717, 1.165) is 11.1 Å². The molecule has 0 radical (unpaired) electrons. The third kappa shape index (κ3) is 1.89. The van der Waals surface area contributed by atoms with Crippen molar-refractivity contribution >= 4 is 5.69 Å². The number of nitrogens with zero attached hydrogens (tertiary/aromatic N) is 1. The Morgan fingerprint density at radius 2 is 1.94 bits per heavy atom. The van der Waals surface area contributed by atoms with E-state index in [1.165, 1.54) is 6.07 Å². The van der Waals surface area contributed by atoms with Gasteiger partial charge in [-0.1, -0.05) is 0 Å². The van der Waals surface area contributed by atoms with Crippen molar-refractivity contribution in [3.63, 3.8) is 0 Å². The summed E-state index contributed by atoms with van der Waals surface area (Å²) in [6.45, 7) is 3.66. The Morgan fingerprint density at radius 1 is 1.19 bits per heavy atom. The molecule has 0 spiro atoms. The van der Waals surface area contributed by atoms with Crippen molar-refractivity contribution in [3.8, 4) is 11.3 Å². The summed E-state index contributed by atoms with van der Waals surface area (Å²) in [5.41, 5.74) is 9.66. The van der Waals surface area contributed by atoms with Gasteiger partial charge in [-0.15, -0.1) is 0 Å². The Bertz CT molecular complexity index is 535. The Balaban J connectivity index is 2.54. The summed E-state index contributed by atoms with van der Waals surface area (Å²) >= 11 is 0. The molecule has 1 heterocycles. The molecule has 1 aromatic heterocycles. The SMILES string of the molecule is Cc1cnc(-c2ccc(F)c(C)c2)c(N)c1. The third-order valence-electron chi connectivity index (χ3n) is 2.49. The van der Waals surface area contributed by atoms with Crippen LogP contribution in [0.5, 0.6) is 0 Å². The number of aryl methyl sites for hydroxylation is 2. The maximum atomic E-state index is 13.1. The first kappa shape index (κ1) is 10.6. The normalized spacial score (nSPS) is 10.4. The monoisotopic (exact) mass is 216 g/mol. The second kappa shape index (κ2) is 3.93. The largest absolute Gasteiger partial charge is 0.397 e. The molecule has 0 unspecified atom stereocenters. The number of nitrogens with two attached hydrogens (primary N) is 1. The zero-order valence-electron chi connectivity index (χ0n) is 9.29. The minimum absolute atomic E-state index is 0.213. The first-order valence-corrected chi connectivity index (χ1v) is 5.06. The molecule has 0 saturated carbocycles. The summed E-state index contributed by atoms with van der Waals surface area (Å²) in [6.07, 6.45) is 1.75. The second-order valence-electron chi connectivity index (χ2n) is 3.91. The van der Waals surface area contributed by atoms with Crippen molar-refractivity contribution in [2.45, 2.75) is 13.8 Å². The van der Waals surface area contributed by atoms with E-state index in [4.69, 9.17) is 5.73 Å². The lowest BCUT2D eigenvalue weighted by atomic mass is 10.1. The van der Waals surface area contributed by atoms with Gasteiger partial charge in [0.15, 0.2) is 0 Å². The molecule has 0 amide bonds. The minimum atomic E-state index is -0.213. The van der Waals surface area contributed by atoms with Crippen LogP contribution < -0.4 is 5.73 Å². The fourth-order valence-corrected chi connectivity index (χ4v) is 1.63. The lowest BCUT2D eigenvalue weighted by molar-refractivity contribution is 0.619. The highest BCUT2D eigenvalue weighted by Gasteiger charge is 2.06. The highest BCUT2D eigenvalue weighted by molar-refractivity contribution is 5.73. The van der Waals surface area contributed by atoms with Gasteiger partial charge in [0.05, 0.1) is 11.4 Å². The molecule has 0 aliphatic rings. The van der Waals surface area contributed by atoms with Crippen molar-refractivity contribution in [2.75, 3.05) is 5.73 Å². The Hall–Kier alpha value is -1.90. The standard InChI is InChI=1S/C13H13FN2/c1-8-5-12(15)13(16-7-8)10-3-4-11(14)9(2)6-10/h3-7H,15H2,1-2H3. The van der Waals surface area contributed by atoms with Gasteiger partial charge in [-0.05, 0) is 49.2 Å². The number of nitrogen functional groups attached to an aromatic ring is 1. The minimum Gasteiger partial charge on any atom is -0.397 e. The number of hydrogen-bond acceptors (Lipinski definition) is 2. The predicted octanol–water partition coefficient (Wildman–Crippen LogP) is 3.09. The van der Waals surface area contributed by atoms with Gasteiger partial charge < -0.3 is 5.73 Å². The number of rotatable bonds is 1. The fourth-order valence-electron chi connectivity index (χ4n) is 1.63. The maximum Gasteiger partial charge on any atom is 0.126 e. The van der Waals surface area contributed by atoms with Crippen LogP contribution in [0.25, 0.3) is 11.3 Å². The highest BCUT2D eigenvalue weighted by atomic mass is 19.1. The van der Waals surface area contributed by atoms with Crippen LogP contribution in [0.1, 0.15) is 11.1 Å². The number of hydrogen-bond donors (Lipinski definition) is 1. The van der Waals surface area contributed by atoms with Crippen LogP contribution in [0.4, 0.5) is 10.1 Å². The molecule has 2 nitrogen and oxygen atoms in total. The fraction of sp³-hybridized carbons (Fsp3) is 0.154. The first-order chi connectivity index (χ1) is 7.58. The average molecular weight is 216 g/mol. The number of benzene rings is 1. The average Bonchev–Trinajstić information content (AvgIpc) is 2.22. The summed E-state index contributed by atoms with van der Waals surface area (Å²) in [5.74, 6) is -0.213. The van der Waals surface area contributed by atoms with Crippen molar-refractivity contribution in [1.82, 2.24) is 4.98 Å². The number of pyridine rings is 1. The van der Waals surface area contributed by atoms with Crippen molar-refractivity contribution < 1.29 is 4.39 Å². The summed E-state index contributed by atoms with van der Waals surface area (Å²) < 4.78 is 13.1. The van der Waals surface area contributed by atoms with Gasteiger partial charge >= 0.3 is 0 Å². The number of aromatic nitrogens is 1. The molecular weight excluding hydrogens is 203 g/mol. The van der Waals surface area contributed by atoms with Crippen LogP contribution in [0, 0.1) is 19.7 Å². The predicted molar refractivity (Wildman–Crippen MR) is 63.5 cm³/mol. The molecule has 1 aromatic carbocycles. The molecule has 0 bridgehead atoms. The molecule has 2 aromatic rings. The molecule has 0 aliphatic carbocycles. The van der Waals surface area contributed by atoms with E-state index in [2.05, 4.69) is 4.98 Å². The van der Waals surface area contributed by atoms with E-state index in [1.54, 1.807) is 25.3 Å². The topological polar surface area (TPSA) is 38.9 Å². The molecule has 2 rings (SSSR count). The van der Waals surface area contributed by atoms with Gasteiger partial charge in [0, 0.05) is 11.8 Å². The highest BCUT2D eigenvalue weighted by Crippen LogP contribution is 2.25. The van der Waals surface area contributed by atoms with Gasteiger partial charge in [0.2, 0.25) is 0 Å². The number of halogens is 1. The first-order valence-electron chi connectivity index (χ1n) is 5.06. The second-order valence-corrected chi connectivity index (χ2v) is 3.91. The van der Waals surface area contributed by atoms with Gasteiger partial charge in [-0.3, -0.25) is 4.98 Å². The lowest BCUT2D eigenvalue weighted by Gasteiger charge is -2.07. The van der Waals surface area contributed by atoms with Crippen LogP contribution >= 0.6 is 0 Å². The Morgan fingerprint density at radius 3 is 2.56 bits per heavy atom. The van der Waals surface area contributed by atoms with Gasteiger partial charge in [0.1, 0.15) is 5.82 Å². The molecule has 2 N–H and O–H groups in total.